The number of carbonyl (C=O) groups excluding carboxylic acids is 3. The summed E-state index contributed by atoms with van der Waals surface area (Å²) in [7, 11) is -4.37. The van der Waals surface area contributed by atoms with E-state index < -0.39 is 46.1 Å². The van der Waals surface area contributed by atoms with Gasteiger partial charge in [0.15, 0.2) is 0 Å². The van der Waals surface area contributed by atoms with Crippen LogP contribution in [0, 0.1) is 41.4 Å². The van der Waals surface area contributed by atoms with Crippen molar-refractivity contribution in [2.45, 2.75) is 74.9 Å². The number of carbonyl (C=O) groups is 3. The smallest absolute Gasteiger partial charge is 0.315 e. The molecule has 200 valence electrons. The number of benzene rings is 1. The molecule has 0 radical (unpaired) electrons. The lowest BCUT2D eigenvalue weighted by Crippen LogP contribution is -2.44. The number of rotatable bonds is 7. The maximum absolute atomic E-state index is 13.1. The van der Waals surface area contributed by atoms with Gasteiger partial charge >= 0.3 is 17.9 Å². The van der Waals surface area contributed by atoms with Crippen molar-refractivity contribution in [2.75, 3.05) is 0 Å². The fourth-order valence-corrected chi connectivity index (χ4v) is 8.45. The van der Waals surface area contributed by atoms with Crippen LogP contribution in [0.3, 0.4) is 0 Å². The van der Waals surface area contributed by atoms with E-state index in [1.165, 1.54) is 50.7 Å². The second-order valence-electron chi connectivity index (χ2n) is 11.6. The van der Waals surface area contributed by atoms with Gasteiger partial charge in [-0.1, -0.05) is 19.3 Å². The third-order valence-corrected chi connectivity index (χ3v) is 10.3. The number of esters is 3. The van der Waals surface area contributed by atoms with Crippen LogP contribution in [0.1, 0.15) is 57.8 Å². The maximum atomic E-state index is 13.1. The molecule has 4 aliphatic carbocycles. The van der Waals surface area contributed by atoms with Crippen LogP contribution in [0.5, 0.6) is 5.75 Å². The van der Waals surface area contributed by atoms with E-state index in [0.717, 1.165) is 30.4 Å². The van der Waals surface area contributed by atoms with Gasteiger partial charge in [0, 0.05) is 18.3 Å². The fourth-order valence-electron chi connectivity index (χ4n) is 7.97. The Kier molecular flexibility index (Phi) is 6.30. The van der Waals surface area contributed by atoms with Crippen LogP contribution in [0.25, 0.3) is 0 Å². The van der Waals surface area contributed by atoms with Gasteiger partial charge in [-0.15, -0.1) is 0 Å². The molecule has 1 saturated heterocycles. The monoisotopic (exact) mass is 532 g/mol. The van der Waals surface area contributed by atoms with Crippen molar-refractivity contribution < 1.29 is 41.6 Å². The maximum Gasteiger partial charge on any atom is 0.315 e. The van der Waals surface area contributed by atoms with Gasteiger partial charge in [0.1, 0.15) is 18.0 Å². The Labute approximate surface area is 216 Å². The zero-order valence-electron chi connectivity index (χ0n) is 20.5. The van der Waals surface area contributed by atoms with Crippen LogP contribution < -0.4 is 4.74 Å². The Morgan fingerprint density at radius 1 is 1.00 bits per heavy atom. The molecule has 6 rings (SSSR count). The van der Waals surface area contributed by atoms with Crippen molar-refractivity contribution in [1.29, 1.82) is 0 Å². The quantitative estimate of drug-likeness (QED) is 0.318. The first-order valence-electron chi connectivity index (χ1n) is 13.4. The summed E-state index contributed by atoms with van der Waals surface area (Å²) in [6, 6.07) is 4.78. The lowest BCUT2D eigenvalue weighted by Gasteiger charge is -2.39. The highest BCUT2D eigenvalue weighted by Crippen LogP contribution is 2.59. The molecule has 1 heterocycles. The van der Waals surface area contributed by atoms with Gasteiger partial charge in [-0.05, 0) is 74.1 Å². The molecular weight excluding hydrogens is 500 g/mol. The van der Waals surface area contributed by atoms with Crippen molar-refractivity contribution in [2.24, 2.45) is 41.4 Å². The van der Waals surface area contributed by atoms with Crippen LogP contribution in [0.4, 0.5) is 0 Å². The molecule has 9 nitrogen and oxygen atoms in total. The number of fused-ring (bicyclic) bond motifs is 3. The van der Waals surface area contributed by atoms with Gasteiger partial charge in [0.25, 0.3) is 10.1 Å². The number of hydrogen-bond donors (Lipinski definition) is 1. The summed E-state index contributed by atoms with van der Waals surface area (Å²) in [4.78, 5) is 38.3. The van der Waals surface area contributed by atoms with Crippen LogP contribution in [-0.2, 0) is 34.0 Å². The highest BCUT2D eigenvalue weighted by Gasteiger charge is 2.70. The predicted octanol–water partition coefficient (Wildman–Crippen LogP) is 3.55. The predicted molar refractivity (Wildman–Crippen MR) is 128 cm³/mol. The molecule has 1 N–H and O–H groups in total. The van der Waals surface area contributed by atoms with E-state index in [1.54, 1.807) is 0 Å². The van der Waals surface area contributed by atoms with Gasteiger partial charge < -0.3 is 14.2 Å². The van der Waals surface area contributed by atoms with E-state index in [0.29, 0.717) is 18.8 Å². The number of hydrogen-bond acceptors (Lipinski definition) is 8. The molecule has 8 unspecified atom stereocenters. The van der Waals surface area contributed by atoms with Crippen LogP contribution in [0.2, 0.25) is 0 Å². The molecule has 4 bridgehead atoms. The standard InChI is InChI=1S/C27H32O9S/c28-21(9-4-16-11-14-2-1-3-15(10-14)12-16)35-24-19-13-20-23(27(30)36-25(20)24)22(19)26(29)34-17-5-7-18(8-6-17)37(31,32)33/h5-8,14-16,19-20,22-25H,1-4,9-13H2,(H,31,32,33). The lowest BCUT2D eigenvalue weighted by atomic mass is 9.67. The summed E-state index contributed by atoms with van der Waals surface area (Å²) in [5.41, 5.74) is 0. The second-order valence-corrected chi connectivity index (χ2v) is 13.0. The third-order valence-electron chi connectivity index (χ3n) is 9.41. The SMILES string of the molecule is O=C(CCC1CC2CCCC(C2)C1)OC1C2CC3C1OC(=O)C3C2C(=O)Oc1ccc(S(=O)(=O)O)cc1. The van der Waals surface area contributed by atoms with Crippen LogP contribution >= 0.6 is 0 Å². The molecule has 5 fully saturated rings. The van der Waals surface area contributed by atoms with Gasteiger partial charge in [-0.3, -0.25) is 18.9 Å². The fraction of sp³-hybridized carbons (Fsp3) is 0.667. The zero-order valence-corrected chi connectivity index (χ0v) is 21.3. The normalized spacial score (nSPS) is 37.8. The van der Waals surface area contributed by atoms with E-state index in [9.17, 15) is 22.8 Å². The van der Waals surface area contributed by atoms with Gasteiger partial charge in [0.2, 0.25) is 0 Å². The summed E-state index contributed by atoms with van der Waals surface area (Å²) >= 11 is 0. The van der Waals surface area contributed by atoms with Crippen molar-refractivity contribution in [3.8, 4) is 5.75 Å². The Hall–Kier alpha value is -2.46. The van der Waals surface area contributed by atoms with E-state index in [1.807, 2.05) is 0 Å². The minimum Gasteiger partial charge on any atom is -0.458 e. The second kappa shape index (κ2) is 9.38. The molecule has 8 atom stereocenters. The Morgan fingerprint density at radius 3 is 2.38 bits per heavy atom. The lowest BCUT2D eigenvalue weighted by molar-refractivity contribution is -0.164. The van der Waals surface area contributed by atoms with Crippen molar-refractivity contribution >= 4 is 28.0 Å². The summed E-state index contributed by atoms with van der Waals surface area (Å²) in [6.45, 7) is 0. The average Bonchev–Trinajstić information content (AvgIpc) is 3.46. The zero-order chi connectivity index (χ0) is 25.9. The Bertz CT molecular complexity index is 1180. The molecular formula is C27H32O9S. The van der Waals surface area contributed by atoms with Gasteiger partial charge in [-0.25, -0.2) is 0 Å². The molecule has 4 saturated carbocycles. The van der Waals surface area contributed by atoms with E-state index in [-0.39, 0.29) is 28.5 Å². The molecule has 10 heteroatoms. The molecule has 0 amide bonds. The molecule has 1 aromatic carbocycles. The first kappa shape index (κ1) is 24.9. The largest absolute Gasteiger partial charge is 0.458 e. The topological polar surface area (TPSA) is 133 Å². The summed E-state index contributed by atoms with van der Waals surface area (Å²) in [5.74, 6) is -1.15. The van der Waals surface area contributed by atoms with Crippen LogP contribution in [-0.4, -0.2) is 43.1 Å². The minimum absolute atomic E-state index is 0.0916. The van der Waals surface area contributed by atoms with E-state index in [4.69, 9.17) is 18.8 Å². The van der Waals surface area contributed by atoms with Gasteiger partial charge in [-0.2, -0.15) is 8.42 Å². The molecule has 0 aromatic heterocycles. The highest BCUT2D eigenvalue weighted by molar-refractivity contribution is 7.85. The average molecular weight is 533 g/mol. The molecule has 0 spiro atoms. The molecule has 5 aliphatic rings. The molecule has 37 heavy (non-hydrogen) atoms. The van der Waals surface area contributed by atoms with E-state index >= 15 is 0 Å². The Balaban J connectivity index is 1.09. The third kappa shape index (κ3) is 4.67. The van der Waals surface area contributed by atoms with Gasteiger partial charge in [0.05, 0.1) is 16.7 Å². The van der Waals surface area contributed by atoms with Crippen molar-refractivity contribution in [3.05, 3.63) is 24.3 Å². The van der Waals surface area contributed by atoms with Crippen molar-refractivity contribution in [1.82, 2.24) is 0 Å². The molecule has 1 aliphatic heterocycles. The summed E-state index contributed by atoms with van der Waals surface area (Å²) in [6.07, 6.45) is 8.17. The Morgan fingerprint density at radius 2 is 1.70 bits per heavy atom. The van der Waals surface area contributed by atoms with E-state index in [2.05, 4.69) is 0 Å². The highest BCUT2D eigenvalue weighted by atomic mass is 32.2. The minimum atomic E-state index is -4.37. The first-order valence-corrected chi connectivity index (χ1v) is 14.8. The number of ether oxygens (including phenoxy) is 3. The van der Waals surface area contributed by atoms with Crippen LogP contribution in [0.15, 0.2) is 29.2 Å². The summed E-state index contributed by atoms with van der Waals surface area (Å²) in [5, 5.41) is 0. The van der Waals surface area contributed by atoms with Crippen molar-refractivity contribution in [3.63, 3.8) is 0 Å². The summed E-state index contributed by atoms with van der Waals surface area (Å²) < 4.78 is 48.5. The molecule has 1 aromatic rings. The first-order chi connectivity index (χ1) is 17.7.